The fourth-order valence-electron chi connectivity index (χ4n) is 3.71. The molecule has 0 unspecified atom stereocenters. The molecule has 0 radical (unpaired) electrons. The zero-order chi connectivity index (χ0) is 18.9. The van der Waals surface area contributed by atoms with Crippen LogP contribution in [0.25, 0.3) is 10.8 Å². The quantitative estimate of drug-likeness (QED) is 0.569. The Morgan fingerprint density at radius 3 is 2.38 bits per heavy atom. The largest absolute Gasteiger partial charge is 0.454 e. The molecule has 26 heavy (non-hydrogen) atoms. The number of ether oxygens (including phenoxy) is 1. The summed E-state index contributed by atoms with van der Waals surface area (Å²) in [7, 11) is 0. The third kappa shape index (κ3) is 2.22. The van der Waals surface area contributed by atoms with Crippen molar-refractivity contribution in [1.82, 2.24) is 0 Å². The van der Waals surface area contributed by atoms with E-state index < -0.39 is 47.5 Å². The second-order valence-corrected chi connectivity index (χ2v) is 6.33. The van der Waals surface area contributed by atoms with E-state index in [1.165, 1.54) is 24.3 Å². The van der Waals surface area contributed by atoms with Gasteiger partial charge in [0.15, 0.2) is 5.60 Å². The molecule has 1 N–H and O–H groups in total. The van der Waals surface area contributed by atoms with E-state index in [1.54, 1.807) is 0 Å². The lowest BCUT2D eigenvalue weighted by atomic mass is 9.84. The first kappa shape index (κ1) is 17.1. The third-order valence-electron chi connectivity index (χ3n) is 4.85. The molecule has 0 spiro atoms. The van der Waals surface area contributed by atoms with Crippen molar-refractivity contribution in [3.8, 4) is 0 Å². The maximum Gasteiger partial charge on any atom is 0.454 e. The van der Waals surface area contributed by atoms with Gasteiger partial charge >= 0.3 is 12.4 Å². The molecule has 4 rings (SSSR count). The van der Waals surface area contributed by atoms with Crippen LogP contribution in [0.2, 0.25) is 0 Å². The van der Waals surface area contributed by atoms with Gasteiger partial charge < -0.3 is 10.1 Å². The maximum atomic E-state index is 13.8. The number of rotatable bonds is 1. The zero-order valence-electron chi connectivity index (χ0n) is 13.0. The fraction of sp³-hybridized carbons (Fsp3) is 0.353. The summed E-state index contributed by atoms with van der Waals surface area (Å²) >= 11 is 0. The molecule has 3 nitrogen and oxygen atoms in total. The summed E-state index contributed by atoms with van der Waals surface area (Å²) in [6.07, 6.45) is -11.3. The van der Waals surface area contributed by atoms with Crippen molar-refractivity contribution in [3.05, 3.63) is 41.5 Å². The third-order valence-corrected chi connectivity index (χ3v) is 4.85. The Bertz CT molecular complexity index is 920. The van der Waals surface area contributed by atoms with Crippen molar-refractivity contribution >= 4 is 22.2 Å². The van der Waals surface area contributed by atoms with Crippen molar-refractivity contribution in [2.45, 2.75) is 37.0 Å². The number of Topliss-reactive ketones (excluding diaryl/α,β-unsaturated/α-hetero) is 1. The standard InChI is InChI=1S/C17H11F6NO2/c18-16(19,20)14(25)10-7-11-13(9-4-2-1-3-8(9)10)24-12-5-6-15(11,26-12)17(21,22)23/h1-4,7,12,24H,5-6H2/t12-,15+/m1/s1. The van der Waals surface area contributed by atoms with Crippen LogP contribution in [-0.4, -0.2) is 24.4 Å². The number of benzene rings is 2. The highest BCUT2D eigenvalue weighted by Gasteiger charge is 2.64. The Morgan fingerprint density at radius 1 is 1.12 bits per heavy atom. The Kier molecular flexibility index (Phi) is 3.38. The lowest BCUT2D eigenvalue weighted by Gasteiger charge is -2.38. The minimum absolute atomic E-state index is 0.0467. The van der Waals surface area contributed by atoms with Gasteiger partial charge in [0, 0.05) is 16.5 Å². The van der Waals surface area contributed by atoms with Crippen LogP contribution in [-0.2, 0) is 10.3 Å². The molecule has 138 valence electrons. The molecule has 2 atom stereocenters. The van der Waals surface area contributed by atoms with E-state index in [0.717, 1.165) is 0 Å². The molecule has 2 aliphatic heterocycles. The Hall–Kier alpha value is -2.29. The molecule has 1 fully saturated rings. The fourth-order valence-corrected chi connectivity index (χ4v) is 3.71. The van der Waals surface area contributed by atoms with Crippen LogP contribution < -0.4 is 5.32 Å². The number of carbonyl (C=O) groups is 1. The van der Waals surface area contributed by atoms with Crippen LogP contribution in [0.5, 0.6) is 0 Å². The highest BCUT2D eigenvalue weighted by atomic mass is 19.4. The van der Waals surface area contributed by atoms with Gasteiger partial charge in [0.25, 0.3) is 5.78 Å². The molecule has 9 heteroatoms. The van der Waals surface area contributed by atoms with Gasteiger partial charge in [0.05, 0.1) is 5.69 Å². The number of alkyl halides is 6. The number of hydrogen-bond acceptors (Lipinski definition) is 3. The summed E-state index contributed by atoms with van der Waals surface area (Å²) in [6.45, 7) is 0. The van der Waals surface area contributed by atoms with E-state index in [9.17, 15) is 31.1 Å². The summed E-state index contributed by atoms with van der Waals surface area (Å²) in [5.74, 6) is -2.19. The van der Waals surface area contributed by atoms with Crippen LogP contribution in [0.4, 0.5) is 32.0 Å². The van der Waals surface area contributed by atoms with Crippen molar-refractivity contribution in [2.24, 2.45) is 0 Å². The van der Waals surface area contributed by atoms with Gasteiger partial charge in [-0.05, 0) is 24.3 Å². The van der Waals surface area contributed by atoms with Crippen LogP contribution in [0, 0.1) is 0 Å². The molecule has 0 aliphatic carbocycles. The summed E-state index contributed by atoms with van der Waals surface area (Å²) in [6, 6.07) is 6.27. The van der Waals surface area contributed by atoms with E-state index >= 15 is 0 Å². The van der Waals surface area contributed by atoms with Crippen LogP contribution in [0.15, 0.2) is 30.3 Å². The zero-order valence-corrected chi connectivity index (χ0v) is 13.0. The van der Waals surface area contributed by atoms with Crippen LogP contribution in [0.3, 0.4) is 0 Å². The van der Waals surface area contributed by atoms with E-state index in [-0.39, 0.29) is 22.9 Å². The monoisotopic (exact) mass is 375 g/mol. The minimum Gasteiger partial charge on any atom is -0.359 e. The summed E-state index contributed by atoms with van der Waals surface area (Å²) in [4.78, 5) is 11.9. The predicted octanol–water partition coefficient (Wildman–Crippen LogP) is 4.90. The first-order chi connectivity index (χ1) is 12.0. The van der Waals surface area contributed by atoms with Crippen molar-refractivity contribution in [1.29, 1.82) is 0 Å². The predicted molar refractivity (Wildman–Crippen MR) is 79.8 cm³/mol. The Balaban J connectivity index is 2.08. The van der Waals surface area contributed by atoms with Gasteiger partial charge in [0.2, 0.25) is 0 Å². The highest BCUT2D eigenvalue weighted by Crippen LogP contribution is 2.57. The molecule has 0 saturated carbocycles. The first-order valence-corrected chi connectivity index (χ1v) is 7.73. The lowest BCUT2D eigenvalue weighted by Crippen LogP contribution is -2.46. The number of nitrogens with one attached hydrogen (secondary N) is 1. The van der Waals surface area contributed by atoms with Gasteiger partial charge in [-0.25, -0.2) is 0 Å². The normalized spacial score (nSPS) is 25.1. The number of halogens is 6. The molecule has 2 aromatic carbocycles. The first-order valence-electron chi connectivity index (χ1n) is 7.73. The topological polar surface area (TPSA) is 38.3 Å². The number of hydrogen-bond donors (Lipinski definition) is 1. The lowest BCUT2D eigenvalue weighted by molar-refractivity contribution is -0.278. The van der Waals surface area contributed by atoms with Crippen molar-refractivity contribution in [2.75, 3.05) is 5.32 Å². The van der Waals surface area contributed by atoms with E-state index in [1.807, 2.05) is 0 Å². The molecule has 2 aliphatic rings. The second kappa shape index (κ2) is 5.12. The van der Waals surface area contributed by atoms with Crippen molar-refractivity contribution < 1.29 is 35.9 Å². The van der Waals surface area contributed by atoms with E-state index in [4.69, 9.17) is 4.74 Å². The number of anilines is 1. The number of carbonyl (C=O) groups excluding carboxylic acids is 1. The smallest absolute Gasteiger partial charge is 0.359 e. The molecular formula is C17H11F6NO2. The molecular weight excluding hydrogens is 364 g/mol. The number of ketones is 1. The average molecular weight is 375 g/mol. The van der Waals surface area contributed by atoms with Gasteiger partial charge in [0.1, 0.15) is 6.23 Å². The Labute approximate surface area is 142 Å². The molecule has 0 aromatic heterocycles. The van der Waals surface area contributed by atoms with Gasteiger partial charge in [-0.15, -0.1) is 0 Å². The van der Waals surface area contributed by atoms with E-state index in [0.29, 0.717) is 6.07 Å². The summed E-state index contributed by atoms with van der Waals surface area (Å²) in [5, 5.41) is 2.89. The van der Waals surface area contributed by atoms with Crippen LogP contribution in [0.1, 0.15) is 28.8 Å². The summed E-state index contributed by atoms with van der Waals surface area (Å²) in [5.41, 5.74) is -3.95. The molecule has 2 aromatic rings. The van der Waals surface area contributed by atoms with Crippen molar-refractivity contribution in [3.63, 3.8) is 0 Å². The number of fused-ring (bicyclic) bond motifs is 6. The van der Waals surface area contributed by atoms with Gasteiger partial charge in [-0.3, -0.25) is 4.79 Å². The molecule has 1 saturated heterocycles. The molecule has 0 amide bonds. The van der Waals surface area contributed by atoms with E-state index in [2.05, 4.69) is 5.32 Å². The average Bonchev–Trinajstić information content (AvgIpc) is 2.92. The SMILES string of the molecule is O=C(c1cc2c(c3ccccc13)N[C@H]1CC[C@]2(C(F)(F)F)O1)C(F)(F)F. The minimum atomic E-state index is -5.20. The maximum absolute atomic E-state index is 13.8. The van der Waals surface area contributed by atoms with Crippen LogP contribution >= 0.6 is 0 Å². The molecule has 2 heterocycles. The second-order valence-electron chi connectivity index (χ2n) is 6.33. The highest BCUT2D eigenvalue weighted by molar-refractivity contribution is 6.14. The summed E-state index contributed by atoms with van der Waals surface area (Å²) < 4.78 is 85.5. The molecule has 2 bridgehead atoms. The van der Waals surface area contributed by atoms with Gasteiger partial charge in [-0.1, -0.05) is 24.3 Å². The Morgan fingerprint density at radius 2 is 1.77 bits per heavy atom. The van der Waals surface area contributed by atoms with Gasteiger partial charge in [-0.2, -0.15) is 26.3 Å².